The Balaban J connectivity index is 0.00000169. The summed E-state index contributed by atoms with van der Waals surface area (Å²) < 4.78 is 0. The van der Waals surface area contributed by atoms with Gasteiger partial charge in [-0.2, -0.15) is 0 Å². The van der Waals surface area contributed by atoms with Gasteiger partial charge in [-0.1, -0.05) is 0 Å². The third kappa shape index (κ3) is 3.45. The largest absolute Gasteiger partial charge is 0.508 e. The summed E-state index contributed by atoms with van der Waals surface area (Å²) in [6, 6.07) is 4.63. The minimum Gasteiger partial charge on any atom is -0.508 e. The Bertz CT molecular complexity index is 321. The second-order valence-electron chi connectivity index (χ2n) is 3.12. The van der Waals surface area contributed by atoms with Gasteiger partial charge in [0.05, 0.1) is 0 Å². The zero-order chi connectivity index (χ0) is 9.84. The zero-order valence-electron chi connectivity index (χ0n) is 8.23. The number of nitrogens with zero attached hydrogens (tertiary/aromatic N) is 1. The number of hydrogen-bond acceptors (Lipinski definition) is 3. The first-order valence-corrected chi connectivity index (χ1v) is 4.15. The molecule has 0 unspecified atom stereocenters. The van der Waals surface area contributed by atoms with Gasteiger partial charge in [0, 0.05) is 23.9 Å². The lowest BCUT2D eigenvalue weighted by atomic mass is 10.2. The fraction of sp³-hybridized carbons (Fsp3) is 0.300. The van der Waals surface area contributed by atoms with Gasteiger partial charge in [0.25, 0.3) is 0 Å². The van der Waals surface area contributed by atoms with Crippen LogP contribution in [0.3, 0.4) is 0 Å². The first-order valence-electron chi connectivity index (χ1n) is 4.15. The molecule has 0 aliphatic rings. The molecule has 0 saturated heterocycles. The molecule has 14 heavy (non-hydrogen) atoms. The van der Waals surface area contributed by atoms with Gasteiger partial charge in [-0.25, -0.2) is 0 Å². The summed E-state index contributed by atoms with van der Waals surface area (Å²) >= 11 is 0. The lowest BCUT2D eigenvalue weighted by molar-refractivity contribution is 0.450. The quantitative estimate of drug-likeness (QED) is 0.696. The highest BCUT2D eigenvalue weighted by Gasteiger charge is 1.98. The van der Waals surface area contributed by atoms with E-state index in [9.17, 15) is 5.11 Å². The van der Waals surface area contributed by atoms with Crippen molar-refractivity contribution in [2.45, 2.75) is 19.9 Å². The van der Waals surface area contributed by atoms with Crippen LogP contribution in [0.15, 0.2) is 23.2 Å². The predicted molar refractivity (Wildman–Crippen MR) is 56.1 cm³/mol. The van der Waals surface area contributed by atoms with Gasteiger partial charge in [0.15, 0.2) is 0 Å². The topological polar surface area (TPSA) is 84.3 Å². The van der Waals surface area contributed by atoms with Gasteiger partial charge >= 0.3 is 0 Å². The van der Waals surface area contributed by atoms with E-state index < -0.39 is 0 Å². The Morgan fingerprint density at radius 1 is 1.29 bits per heavy atom. The van der Waals surface area contributed by atoms with E-state index in [1.54, 1.807) is 12.3 Å². The van der Waals surface area contributed by atoms with Gasteiger partial charge in [0.1, 0.15) is 11.5 Å². The summed E-state index contributed by atoms with van der Waals surface area (Å²) in [6.07, 6.45) is 1.60. The van der Waals surface area contributed by atoms with Crippen molar-refractivity contribution in [3.05, 3.63) is 23.8 Å². The van der Waals surface area contributed by atoms with Gasteiger partial charge in [-0.3, -0.25) is 4.99 Å². The van der Waals surface area contributed by atoms with Crippen LogP contribution in [0.4, 0.5) is 0 Å². The Kier molecular flexibility index (Phi) is 4.66. The second-order valence-corrected chi connectivity index (χ2v) is 3.12. The van der Waals surface area contributed by atoms with Crippen LogP contribution in [0.1, 0.15) is 19.4 Å². The van der Waals surface area contributed by atoms with Crippen molar-refractivity contribution < 1.29 is 15.7 Å². The number of rotatable bonds is 2. The van der Waals surface area contributed by atoms with Crippen LogP contribution in [0.5, 0.6) is 11.5 Å². The highest BCUT2D eigenvalue weighted by atomic mass is 16.3. The molecule has 1 rings (SSSR count). The maximum absolute atomic E-state index is 9.35. The molecular weight excluding hydrogens is 182 g/mol. The van der Waals surface area contributed by atoms with Crippen molar-refractivity contribution in [3.8, 4) is 11.5 Å². The summed E-state index contributed by atoms with van der Waals surface area (Å²) in [5.74, 6) is 0.101. The van der Waals surface area contributed by atoms with Crippen molar-refractivity contribution in [2.24, 2.45) is 4.99 Å². The number of benzene rings is 1. The molecule has 4 heteroatoms. The molecule has 0 heterocycles. The van der Waals surface area contributed by atoms with E-state index >= 15 is 0 Å². The Labute approximate surface area is 82.9 Å². The highest BCUT2D eigenvalue weighted by Crippen LogP contribution is 2.20. The Hall–Kier alpha value is -1.55. The maximum atomic E-state index is 9.35. The van der Waals surface area contributed by atoms with E-state index in [0.29, 0.717) is 5.56 Å². The molecule has 1 aromatic rings. The maximum Gasteiger partial charge on any atom is 0.128 e. The van der Waals surface area contributed by atoms with Crippen molar-refractivity contribution in [3.63, 3.8) is 0 Å². The van der Waals surface area contributed by atoms with E-state index in [0.717, 1.165) is 0 Å². The molecule has 4 N–H and O–H groups in total. The lowest BCUT2D eigenvalue weighted by Crippen LogP contribution is -1.90. The molecule has 1 aromatic carbocycles. The van der Waals surface area contributed by atoms with E-state index in [-0.39, 0.29) is 23.0 Å². The lowest BCUT2D eigenvalue weighted by Gasteiger charge is -2.00. The molecule has 0 aliphatic carbocycles. The summed E-state index contributed by atoms with van der Waals surface area (Å²) in [6.45, 7) is 3.90. The third-order valence-electron chi connectivity index (χ3n) is 1.53. The van der Waals surface area contributed by atoms with Crippen molar-refractivity contribution >= 4 is 6.21 Å². The normalized spacial score (nSPS) is 10.5. The molecule has 4 nitrogen and oxygen atoms in total. The van der Waals surface area contributed by atoms with E-state index in [1.165, 1.54) is 12.1 Å². The minimum absolute atomic E-state index is 0. The van der Waals surface area contributed by atoms with Crippen LogP contribution in [0.25, 0.3) is 0 Å². The number of phenols is 2. The van der Waals surface area contributed by atoms with E-state index in [2.05, 4.69) is 4.99 Å². The smallest absolute Gasteiger partial charge is 0.128 e. The molecule has 78 valence electrons. The predicted octanol–water partition coefficient (Wildman–Crippen LogP) is 1.10. The summed E-state index contributed by atoms with van der Waals surface area (Å²) in [4.78, 5) is 4.12. The molecule has 0 bridgehead atoms. The molecule has 0 saturated carbocycles. The molecule has 0 radical (unpaired) electrons. The molecule has 0 atom stereocenters. The van der Waals surface area contributed by atoms with Crippen LogP contribution in [-0.4, -0.2) is 27.9 Å². The van der Waals surface area contributed by atoms with Crippen LogP contribution in [-0.2, 0) is 0 Å². The summed E-state index contributed by atoms with van der Waals surface area (Å²) in [5, 5.41) is 18.4. The highest BCUT2D eigenvalue weighted by molar-refractivity contribution is 5.83. The average molecular weight is 197 g/mol. The Morgan fingerprint density at radius 3 is 2.43 bits per heavy atom. The van der Waals surface area contributed by atoms with Crippen LogP contribution in [0.2, 0.25) is 0 Å². The summed E-state index contributed by atoms with van der Waals surface area (Å²) in [7, 11) is 0. The van der Waals surface area contributed by atoms with Gasteiger partial charge in [-0.15, -0.1) is 0 Å². The van der Waals surface area contributed by atoms with Crippen molar-refractivity contribution in [2.75, 3.05) is 0 Å². The molecule has 0 aliphatic heterocycles. The molecular formula is C10H15NO3. The minimum atomic E-state index is 0. The molecule has 0 aromatic heterocycles. The fourth-order valence-electron chi connectivity index (χ4n) is 0.871. The standard InChI is InChI=1S/C10H13NO2.H2O/c1-7(2)11-6-8-3-4-9(12)5-10(8)13;/h3-7,12-13H,1-2H3;1H2. The van der Waals surface area contributed by atoms with Crippen LogP contribution >= 0.6 is 0 Å². The SMILES string of the molecule is CC(C)N=Cc1ccc(O)cc1O.O. The van der Waals surface area contributed by atoms with Crippen LogP contribution in [0, 0.1) is 0 Å². The summed E-state index contributed by atoms with van der Waals surface area (Å²) in [5.41, 5.74) is 0.617. The molecule has 0 amide bonds. The van der Waals surface area contributed by atoms with Crippen LogP contribution < -0.4 is 0 Å². The van der Waals surface area contributed by atoms with E-state index in [4.69, 9.17) is 5.11 Å². The number of aliphatic imine (C=N–C) groups is 1. The second kappa shape index (κ2) is 5.24. The zero-order valence-corrected chi connectivity index (χ0v) is 8.23. The first-order chi connectivity index (χ1) is 6.09. The van der Waals surface area contributed by atoms with Gasteiger partial charge in [-0.05, 0) is 26.0 Å². The number of aromatic hydroxyl groups is 2. The first kappa shape index (κ1) is 12.4. The van der Waals surface area contributed by atoms with Crippen molar-refractivity contribution in [1.82, 2.24) is 0 Å². The monoisotopic (exact) mass is 197 g/mol. The van der Waals surface area contributed by atoms with Gasteiger partial charge < -0.3 is 15.7 Å². The van der Waals surface area contributed by atoms with E-state index in [1.807, 2.05) is 13.8 Å². The van der Waals surface area contributed by atoms with Gasteiger partial charge in [0.2, 0.25) is 0 Å². The number of hydrogen-bond donors (Lipinski definition) is 2. The Morgan fingerprint density at radius 2 is 1.93 bits per heavy atom. The van der Waals surface area contributed by atoms with Crippen molar-refractivity contribution in [1.29, 1.82) is 0 Å². The fourth-order valence-corrected chi connectivity index (χ4v) is 0.871. The third-order valence-corrected chi connectivity index (χ3v) is 1.53. The average Bonchev–Trinajstić information content (AvgIpc) is 2.02. The number of phenolic OH excluding ortho intramolecular Hbond substituents is 2. The molecule has 0 spiro atoms. The molecule has 0 fully saturated rings.